The van der Waals surface area contributed by atoms with E-state index in [2.05, 4.69) is 9.97 Å². The van der Waals surface area contributed by atoms with Gasteiger partial charge in [-0.25, -0.2) is 4.98 Å². The summed E-state index contributed by atoms with van der Waals surface area (Å²) in [4.78, 5) is 8.75. The monoisotopic (exact) mass is 213 g/mol. The number of fused-ring (bicyclic) bond motifs is 3. The molecule has 3 aromatic rings. The maximum Gasteiger partial charge on any atom is 0.135 e. The van der Waals surface area contributed by atoms with Crippen LogP contribution < -0.4 is 0 Å². The van der Waals surface area contributed by atoms with Gasteiger partial charge in [0.15, 0.2) is 0 Å². The highest BCUT2D eigenvalue weighted by Gasteiger charge is 2.09. The molecular weight excluding hydrogens is 202 g/mol. The van der Waals surface area contributed by atoms with E-state index in [1.165, 1.54) is 0 Å². The predicted octanol–water partition coefficient (Wildman–Crippen LogP) is 1.61. The molecule has 4 nitrogen and oxygen atoms in total. The van der Waals surface area contributed by atoms with Gasteiger partial charge in [0.05, 0.1) is 11.0 Å². The summed E-state index contributed by atoms with van der Waals surface area (Å²) < 4.78 is 1.89. The topological polar surface area (TPSA) is 50.9 Å². The summed E-state index contributed by atoms with van der Waals surface area (Å²) in [5.74, 6) is 0.660. The number of imidazole rings is 1. The second kappa shape index (κ2) is 3.28. The summed E-state index contributed by atoms with van der Waals surface area (Å²) in [7, 11) is 1.90. The third-order valence-electron chi connectivity index (χ3n) is 2.86. The van der Waals surface area contributed by atoms with Crippen molar-refractivity contribution in [3.63, 3.8) is 0 Å². The van der Waals surface area contributed by atoms with E-state index in [4.69, 9.17) is 0 Å². The lowest BCUT2D eigenvalue weighted by atomic mass is 10.2. The Bertz CT molecular complexity index is 672. The molecule has 0 saturated heterocycles. The molecule has 0 fully saturated rings. The summed E-state index contributed by atoms with van der Waals surface area (Å²) >= 11 is 0. The number of aliphatic hydroxyl groups excluding tert-OH is 1. The van der Waals surface area contributed by atoms with Crippen molar-refractivity contribution in [3.05, 3.63) is 36.3 Å². The Morgan fingerprint density at radius 1 is 1.25 bits per heavy atom. The highest BCUT2D eigenvalue weighted by molar-refractivity contribution is 6.01. The second-order valence-electron chi connectivity index (χ2n) is 3.75. The zero-order chi connectivity index (χ0) is 11.1. The maximum atomic E-state index is 9.19. The smallest absolute Gasteiger partial charge is 0.135 e. The number of hydrogen-bond acceptors (Lipinski definition) is 3. The summed E-state index contributed by atoms with van der Waals surface area (Å²) in [5, 5.41) is 10.3. The highest BCUT2D eigenvalue weighted by Crippen LogP contribution is 2.23. The molecule has 0 bridgehead atoms. The first-order valence-corrected chi connectivity index (χ1v) is 5.11. The molecule has 0 aliphatic heterocycles. The van der Waals surface area contributed by atoms with Crippen molar-refractivity contribution in [1.29, 1.82) is 0 Å². The van der Waals surface area contributed by atoms with Crippen molar-refractivity contribution in [1.82, 2.24) is 14.5 Å². The van der Waals surface area contributed by atoms with Crippen molar-refractivity contribution in [3.8, 4) is 0 Å². The SMILES string of the molecule is Cn1c(CO)nc2c3ncccc3ccc21. The third kappa shape index (κ3) is 1.13. The molecule has 0 unspecified atom stereocenters. The van der Waals surface area contributed by atoms with Gasteiger partial charge in [-0.3, -0.25) is 4.98 Å². The molecule has 0 aliphatic carbocycles. The van der Waals surface area contributed by atoms with Crippen LogP contribution in [-0.4, -0.2) is 19.6 Å². The quantitative estimate of drug-likeness (QED) is 0.668. The number of aromatic nitrogens is 3. The van der Waals surface area contributed by atoms with Crippen LogP contribution in [0.2, 0.25) is 0 Å². The summed E-state index contributed by atoms with van der Waals surface area (Å²) in [6, 6.07) is 7.94. The van der Waals surface area contributed by atoms with Crippen LogP contribution in [0.25, 0.3) is 21.9 Å². The van der Waals surface area contributed by atoms with Crippen LogP contribution in [0, 0.1) is 0 Å². The van der Waals surface area contributed by atoms with Crippen LogP contribution in [0.1, 0.15) is 5.82 Å². The van der Waals surface area contributed by atoms with Crippen molar-refractivity contribution < 1.29 is 5.11 Å². The Morgan fingerprint density at radius 2 is 2.12 bits per heavy atom. The standard InChI is InChI=1S/C12H11N3O/c1-15-9-5-4-8-3-2-6-13-11(8)12(9)14-10(15)7-16/h2-6,16H,7H2,1H3. The first-order valence-electron chi connectivity index (χ1n) is 5.11. The molecule has 0 radical (unpaired) electrons. The molecule has 0 atom stereocenters. The van der Waals surface area contributed by atoms with E-state index in [-0.39, 0.29) is 6.61 Å². The lowest BCUT2D eigenvalue weighted by Gasteiger charge is -1.99. The normalized spacial score (nSPS) is 11.4. The van der Waals surface area contributed by atoms with E-state index in [1.807, 2.05) is 35.9 Å². The number of hydrogen-bond donors (Lipinski definition) is 1. The minimum absolute atomic E-state index is 0.0560. The Labute approximate surface area is 92.2 Å². The molecule has 80 valence electrons. The van der Waals surface area contributed by atoms with Gasteiger partial charge in [-0.2, -0.15) is 0 Å². The highest BCUT2D eigenvalue weighted by atomic mass is 16.3. The second-order valence-corrected chi connectivity index (χ2v) is 3.75. The van der Waals surface area contributed by atoms with Gasteiger partial charge in [-0.05, 0) is 12.1 Å². The van der Waals surface area contributed by atoms with Gasteiger partial charge < -0.3 is 9.67 Å². The molecule has 4 heteroatoms. The molecule has 0 amide bonds. The van der Waals surface area contributed by atoms with Gasteiger partial charge in [-0.15, -0.1) is 0 Å². The van der Waals surface area contributed by atoms with Gasteiger partial charge in [-0.1, -0.05) is 12.1 Å². The van der Waals surface area contributed by atoms with E-state index < -0.39 is 0 Å². The molecular formula is C12H11N3O. The Morgan fingerprint density at radius 3 is 2.94 bits per heavy atom. The van der Waals surface area contributed by atoms with E-state index >= 15 is 0 Å². The number of aryl methyl sites for hydroxylation is 1. The van der Waals surface area contributed by atoms with Gasteiger partial charge in [0.25, 0.3) is 0 Å². The molecule has 0 saturated carbocycles. The fourth-order valence-corrected chi connectivity index (χ4v) is 1.98. The van der Waals surface area contributed by atoms with Crippen molar-refractivity contribution in [2.24, 2.45) is 7.05 Å². The average molecular weight is 213 g/mol. The molecule has 2 aromatic heterocycles. The summed E-state index contributed by atoms with van der Waals surface area (Å²) in [6.07, 6.45) is 1.76. The largest absolute Gasteiger partial charge is 0.388 e. The van der Waals surface area contributed by atoms with Gasteiger partial charge in [0.1, 0.15) is 17.9 Å². The minimum atomic E-state index is -0.0560. The fraction of sp³-hybridized carbons (Fsp3) is 0.167. The molecule has 2 heterocycles. The molecule has 0 spiro atoms. The summed E-state index contributed by atoms with van der Waals surface area (Å²) in [5.41, 5.74) is 2.73. The van der Waals surface area contributed by atoms with Crippen LogP contribution in [-0.2, 0) is 13.7 Å². The van der Waals surface area contributed by atoms with Crippen LogP contribution in [0.4, 0.5) is 0 Å². The van der Waals surface area contributed by atoms with Crippen molar-refractivity contribution in [2.75, 3.05) is 0 Å². The lowest BCUT2D eigenvalue weighted by Crippen LogP contribution is -1.96. The number of pyridine rings is 1. The summed E-state index contributed by atoms with van der Waals surface area (Å²) in [6.45, 7) is -0.0560. The first kappa shape index (κ1) is 9.30. The predicted molar refractivity (Wildman–Crippen MR) is 61.9 cm³/mol. The van der Waals surface area contributed by atoms with E-state index in [0.29, 0.717) is 5.82 Å². The minimum Gasteiger partial charge on any atom is -0.388 e. The van der Waals surface area contributed by atoms with Crippen molar-refractivity contribution in [2.45, 2.75) is 6.61 Å². The number of benzene rings is 1. The van der Waals surface area contributed by atoms with Crippen LogP contribution in [0.3, 0.4) is 0 Å². The van der Waals surface area contributed by atoms with Crippen LogP contribution in [0.15, 0.2) is 30.5 Å². The molecule has 0 aliphatic rings. The number of aliphatic hydroxyl groups is 1. The maximum absolute atomic E-state index is 9.19. The lowest BCUT2D eigenvalue weighted by molar-refractivity contribution is 0.268. The Balaban J connectivity index is 2.51. The van der Waals surface area contributed by atoms with E-state index in [9.17, 15) is 5.11 Å². The van der Waals surface area contributed by atoms with Crippen LogP contribution >= 0.6 is 0 Å². The molecule has 16 heavy (non-hydrogen) atoms. The number of rotatable bonds is 1. The Kier molecular flexibility index (Phi) is 1.91. The zero-order valence-corrected chi connectivity index (χ0v) is 8.88. The van der Waals surface area contributed by atoms with Gasteiger partial charge in [0.2, 0.25) is 0 Å². The van der Waals surface area contributed by atoms with Gasteiger partial charge in [0, 0.05) is 18.6 Å². The zero-order valence-electron chi connectivity index (χ0n) is 8.88. The average Bonchev–Trinajstić information content (AvgIpc) is 2.67. The van der Waals surface area contributed by atoms with E-state index in [1.54, 1.807) is 6.20 Å². The molecule has 1 aromatic carbocycles. The van der Waals surface area contributed by atoms with Crippen molar-refractivity contribution >= 4 is 21.9 Å². The molecule has 1 N–H and O–H groups in total. The molecule has 3 rings (SSSR count). The Hall–Kier alpha value is -1.94. The third-order valence-corrected chi connectivity index (χ3v) is 2.86. The van der Waals surface area contributed by atoms with E-state index in [0.717, 1.165) is 21.9 Å². The van der Waals surface area contributed by atoms with Crippen LogP contribution in [0.5, 0.6) is 0 Å². The number of nitrogens with zero attached hydrogens (tertiary/aromatic N) is 3. The fourth-order valence-electron chi connectivity index (χ4n) is 1.98. The van der Waals surface area contributed by atoms with Gasteiger partial charge >= 0.3 is 0 Å². The first-order chi connectivity index (χ1) is 7.81.